The molecule has 4 fully saturated rings. The number of hydrogen-bond donors (Lipinski definition) is 1. The molecule has 0 aliphatic carbocycles. The molecule has 2 aromatic carbocycles. The summed E-state index contributed by atoms with van der Waals surface area (Å²) >= 11 is 0. The molecule has 5 aliphatic heterocycles. The summed E-state index contributed by atoms with van der Waals surface area (Å²) in [7, 11) is -3.50. The lowest BCUT2D eigenvalue weighted by atomic mass is 9.78. The van der Waals surface area contributed by atoms with Crippen molar-refractivity contribution in [3.8, 4) is 16.9 Å². The Morgan fingerprint density at radius 1 is 1.03 bits per heavy atom. The molecule has 0 spiro atoms. The van der Waals surface area contributed by atoms with Gasteiger partial charge in [-0.15, -0.1) is 0 Å². The highest BCUT2D eigenvalue weighted by atomic mass is 32.2. The van der Waals surface area contributed by atoms with Crippen LogP contribution in [0.5, 0.6) is 5.75 Å². The van der Waals surface area contributed by atoms with Gasteiger partial charge >= 0.3 is 6.09 Å². The van der Waals surface area contributed by atoms with Crippen LogP contribution < -0.4 is 10.1 Å². The van der Waals surface area contributed by atoms with Gasteiger partial charge in [0.2, 0.25) is 10.0 Å². The maximum absolute atomic E-state index is 13.1. The molecule has 2 atom stereocenters. The standard InChI is InChI=1S/C29H37N3O5S/c1-29(2)19-36-25-17-22(21-6-5-7-23(16-21)38(34,35)32-12-3-4-13-32)8-9-24(25)27(29)30-28(33)37-26-18-31-14-10-20(26)11-15-31/h5-9,16-17,20,26-27H,3-4,10-15,18-19H2,1-2H3,(H,30,33)/t26-,27?/m0/s1. The molecule has 2 bridgehead atoms. The number of piperidine rings is 3. The number of alkyl carbamates (subject to hydrolysis) is 1. The third kappa shape index (κ3) is 4.80. The lowest BCUT2D eigenvalue weighted by Crippen LogP contribution is -2.53. The number of benzene rings is 2. The van der Waals surface area contributed by atoms with Crippen LogP contribution in [0, 0.1) is 11.3 Å². The van der Waals surface area contributed by atoms with Gasteiger partial charge in [0.1, 0.15) is 11.9 Å². The highest BCUT2D eigenvalue weighted by Crippen LogP contribution is 2.44. The smallest absolute Gasteiger partial charge is 0.407 e. The van der Waals surface area contributed by atoms with Gasteiger partial charge in [-0.3, -0.25) is 4.90 Å². The quantitative estimate of drug-likeness (QED) is 0.605. The van der Waals surface area contributed by atoms with Gasteiger partial charge in [0.05, 0.1) is 17.5 Å². The minimum absolute atomic E-state index is 0.0496. The molecule has 2 aromatic rings. The van der Waals surface area contributed by atoms with Crippen molar-refractivity contribution in [3.05, 3.63) is 48.0 Å². The molecule has 0 aromatic heterocycles. The first-order valence-electron chi connectivity index (χ1n) is 13.8. The van der Waals surface area contributed by atoms with E-state index >= 15 is 0 Å². The number of fused-ring (bicyclic) bond motifs is 4. The van der Waals surface area contributed by atoms with Gasteiger partial charge in [0.25, 0.3) is 0 Å². The van der Waals surface area contributed by atoms with Gasteiger partial charge in [-0.25, -0.2) is 13.2 Å². The van der Waals surface area contributed by atoms with Crippen LogP contribution in [0.4, 0.5) is 4.79 Å². The van der Waals surface area contributed by atoms with E-state index in [0.717, 1.165) is 62.0 Å². The van der Waals surface area contributed by atoms with Crippen LogP contribution in [0.15, 0.2) is 47.4 Å². The maximum Gasteiger partial charge on any atom is 0.407 e. The molecular formula is C29H37N3O5S. The number of amides is 1. The van der Waals surface area contributed by atoms with Crippen LogP contribution in [0.25, 0.3) is 11.1 Å². The van der Waals surface area contributed by atoms with Crippen molar-refractivity contribution in [1.82, 2.24) is 14.5 Å². The van der Waals surface area contributed by atoms with E-state index < -0.39 is 10.0 Å². The summed E-state index contributed by atoms with van der Waals surface area (Å²) in [5.41, 5.74) is 2.26. The number of nitrogens with zero attached hydrogens (tertiary/aromatic N) is 2. The Balaban J connectivity index is 1.22. The fraction of sp³-hybridized carbons (Fsp3) is 0.552. The van der Waals surface area contributed by atoms with Gasteiger partial charge in [0.15, 0.2) is 0 Å². The predicted octanol–water partition coefficient (Wildman–Crippen LogP) is 4.42. The Morgan fingerprint density at radius 2 is 1.76 bits per heavy atom. The first kappa shape index (κ1) is 25.6. The lowest BCUT2D eigenvalue weighted by molar-refractivity contribution is -0.0361. The van der Waals surface area contributed by atoms with Crippen LogP contribution in [-0.4, -0.2) is 69.2 Å². The molecule has 5 aliphatic rings. The third-order valence-electron chi connectivity index (χ3n) is 8.69. The van der Waals surface area contributed by atoms with Crippen LogP contribution in [-0.2, 0) is 14.8 Å². The van der Waals surface area contributed by atoms with E-state index in [9.17, 15) is 13.2 Å². The van der Waals surface area contributed by atoms with Gasteiger partial charge in [-0.2, -0.15) is 4.31 Å². The molecule has 0 radical (unpaired) electrons. The minimum Gasteiger partial charge on any atom is -0.493 e. The second-order valence-corrected chi connectivity index (χ2v) is 13.8. The zero-order valence-corrected chi connectivity index (χ0v) is 23.0. The second-order valence-electron chi connectivity index (χ2n) is 11.8. The molecule has 8 nitrogen and oxygen atoms in total. The Labute approximate surface area is 225 Å². The van der Waals surface area contributed by atoms with Crippen LogP contribution in [0.3, 0.4) is 0 Å². The topological polar surface area (TPSA) is 88.2 Å². The summed E-state index contributed by atoms with van der Waals surface area (Å²) in [5, 5.41) is 3.15. The average molecular weight is 540 g/mol. The molecule has 4 saturated heterocycles. The van der Waals surface area contributed by atoms with E-state index in [1.165, 1.54) is 0 Å². The van der Waals surface area contributed by atoms with Crippen molar-refractivity contribution >= 4 is 16.1 Å². The SMILES string of the molecule is CC1(C)COc2cc(-c3cccc(S(=O)(=O)N4CCCC4)c3)ccc2C1NC(=O)O[C@H]1CN2CCC1CC2. The van der Waals surface area contributed by atoms with Gasteiger partial charge < -0.3 is 14.8 Å². The summed E-state index contributed by atoms with van der Waals surface area (Å²) in [6.45, 7) is 8.77. The summed E-state index contributed by atoms with van der Waals surface area (Å²) in [6, 6.07) is 12.7. The summed E-state index contributed by atoms with van der Waals surface area (Å²) in [4.78, 5) is 15.7. The van der Waals surface area contributed by atoms with Crippen molar-refractivity contribution in [2.24, 2.45) is 11.3 Å². The van der Waals surface area contributed by atoms with E-state index in [1.54, 1.807) is 22.5 Å². The van der Waals surface area contributed by atoms with E-state index in [-0.39, 0.29) is 23.7 Å². The number of ether oxygens (including phenoxy) is 2. The van der Waals surface area contributed by atoms with E-state index in [0.29, 0.717) is 36.3 Å². The Bertz CT molecular complexity index is 1310. The Hall–Kier alpha value is -2.62. The average Bonchev–Trinajstić information content (AvgIpc) is 3.47. The molecule has 38 heavy (non-hydrogen) atoms. The van der Waals surface area contributed by atoms with Crippen molar-refractivity contribution in [2.75, 3.05) is 39.3 Å². The largest absolute Gasteiger partial charge is 0.493 e. The zero-order chi connectivity index (χ0) is 26.5. The Kier molecular flexibility index (Phi) is 6.64. The zero-order valence-electron chi connectivity index (χ0n) is 22.2. The second kappa shape index (κ2) is 9.84. The number of carbonyl (C=O) groups is 1. The summed E-state index contributed by atoms with van der Waals surface area (Å²) in [5.74, 6) is 1.15. The Morgan fingerprint density at radius 3 is 2.47 bits per heavy atom. The van der Waals surface area contributed by atoms with E-state index in [2.05, 4.69) is 24.1 Å². The maximum atomic E-state index is 13.1. The molecular weight excluding hydrogens is 502 g/mol. The van der Waals surface area contributed by atoms with Gasteiger partial charge in [-0.05, 0) is 74.0 Å². The first-order valence-corrected chi connectivity index (χ1v) is 15.2. The van der Waals surface area contributed by atoms with Gasteiger partial charge in [0, 0.05) is 30.6 Å². The molecule has 0 saturated carbocycles. The molecule has 7 rings (SSSR count). The molecule has 1 amide bonds. The fourth-order valence-electron chi connectivity index (χ4n) is 6.37. The lowest BCUT2D eigenvalue weighted by Gasteiger charge is -2.44. The van der Waals surface area contributed by atoms with Crippen LogP contribution >= 0.6 is 0 Å². The molecule has 1 N–H and O–H groups in total. The minimum atomic E-state index is -3.50. The fourth-order valence-corrected chi connectivity index (χ4v) is 7.93. The third-order valence-corrected chi connectivity index (χ3v) is 10.6. The number of nitrogens with one attached hydrogen (secondary N) is 1. The van der Waals surface area contributed by atoms with E-state index in [4.69, 9.17) is 9.47 Å². The van der Waals surface area contributed by atoms with Crippen molar-refractivity contribution in [2.45, 2.75) is 56.6 Å². The van der Waals surface area contributed by atoms with Crippen molar-refractivity contribution in [1.29, 1.82) is 0 Å². The number of sulfonamides is 1. The summed E-state index contributed by atoms with van der Waals surface area (Å²) < 4.78 is 39.8. The van der Waals surface area contributed by atoms with Gasteiger partial charge in [-0.1, -0.05) is 38.1 Å². The molecule has 5 heterocycles. The predicted molar refractivity (Wildman–Crippen MR) is 144 cm³/mol. The molecule has 204 valence electrons. The van der Waals surface area contributed by atoms with Crippen molar-refractivity contribution < 1.29 is 22.7 Å². The molecule has 9 heteroatoms. The summed E-state index contributed by atoms with van der Waals surface area (Å²) in [6.07, 6.45) is 3.56. The number of carbonyl (C=O) groups excluding carboxylic acids is 1. The van der Waals surface area contributed by atoms with Crippen LogP contribution in [0.1, 0.15) is 51.1 Å². The normalized spacial score (nSPS) is 28.4. The number of rotatable bonds is 5. The molecule has 1 unspecified atom stereocenters. The highest BCUT2D eigenvalue weighted by molar-refractivity contribution is 7.89. The number of hydrogen-bond acceptors (Lipinski definition) is 6. The monoisotopic (exact) mass is 539 g/mol. The first-order chi connectivity index (χ1) is 18.2. The van der Waals surface area contributed by atoms with Crippen molar-refractivity contribution in [3.63, 3.8) is 0 Å². The highest BCUT2D eigenvalue weighted by Gasteiger charge is 2.41. The van der Waals surface area contributed by atoms with E-state index in [1.807, 2.05) is 24.3 Å². The van der Waals surface area contributed by atoms with Crippen LogP contribution in [0.2, 0.25) is 0 Å².